The van der Waals surface area contributed by atoms with Crippen LogP contribution < -0.4 is 0 Å². The summed E-state index contributed by atoms with van der Waals surface area (Å²) in [6.07, 6.45) is 1.50. The average Bonchev–Trinajstić information content (AvgIpc) is 2.32. The van der Waals surface area contributed by atoms with Crippen LogP contribution in [0, 0.1) is 0 Å². The molecule has 1 rings (SSSR count). The second-order valence-corrected chi connectivity index (χ2v) is 8.45. The highest BCUT2D eigenvalue weighted by Gasteiger charge is 2.34. The first-order chi connectivity index (χ1) is 10.3. The molecule has 128 valence electrons. The first kappa shape index (κ1) is 20.0. The van der Waals surface area contributed by atoms with Crippen LogP contribution in [0.5, 0.6) is 5.75 Å². The molecule has 0 aliphatic heterocycles. The molecule has 1 N–H and O–H groups in total. The fourth-order valence-corrected chi connectivity index (χ4v) is 3.91. The second kappa shape index (κ2) is 6.81. The predicted molar refractivity (Wildman–Crippen MR) is 100 cm³/mol. The number of thiol groups is 2. The summed E-state index contributed by atoms with van der Waals surface area (Å²) in [6.45, 7) is 15.4. The average molecular weight is 355 g/mol. The lowest BCUT2D eigenvalue weighted by Crippen LogP contribution is -2.22. The number of benzene rings is 1. The number of phenols is 1. The largest absolute Gasteiger partial charge is 0.507 e. The van der Waals surface area contributed by atoms with Crippen LogP contribution in [-0.4, -0.2) is 17.7 Å². The Kier molecular flexibility index (Phi) is 5.92. The molecule has 0 fully saturated rings. The number of esters is 1. The van der Waals surface area contributed by atoms with Crippen molar-refractivity contribution in [1.82, 2.24) is 0 Å². The fourth-order valence-electron chi connectivity index (χ4n) is 2.53. The smallest absolute Gasteiger partial charge is 0.340 e. The molecule has 0 amide bonds. The summed E-state index contributed by atoms with van der Waals surface area (Å²) in [6, 6.07) is 0. The highest BCUT2D eigenvalue weighted by molar-refractivity contribution is 7.81. The van der Waals surface area contributed by atoms with Crippen molar-refractivity contribution >= 4 is 31.2 Å². The number of hydrogen-bond donors (Lipinski definition) is 3. The summed E-state index contributed by atoms with van der Waals surface area (Å²) < 4.78 is 5.18. The summed E-state index contributed by atoms with van der Waals surface area (Å²) in [5.74, 6) is -0.379. The quantitative estimate of drug-likeness (QED) is 0.411. The van der Waals surface area contributed by atoms with Gasteiger partial charge in [0.1, 0.15) is 12.4 Å². The maximum absolute atomic E-state index is 12.5. The Hall–Kier alpha value is -1.07. The third-order valence-corrected chi connectivity index (χ3v) is 4.35. The van der Waals surface area contributed by atoms with Crippen LogP contribution in [0.25, 0.3) is 0 Å². The van der Waals surface area contributed by atoms with E-state index in [1.54, 1.807) is 0 Å². The molecule has 23 heavy (non-hydrogen) atoms. The molecule has 0 bridgehead atoms. The molecule has 0 atom stereocenters. The van der Waals surface area contributed by atoms with Gasteiger partial charge in [-0.1, -0.05) is 54.2 Å². The number of hydrogen-bond acceptors (Lipinski definition) is 5. The Morgan fingerprint density at radius 3 is 1.78 bits per heavy atom. The third kappa shape index (κ3) is 4.07. The van der Waals surface area contributed by atoms with Crippen molar-refractivity contribution in [2.75, 3.05) is 6.61 Å². The van der Waals surface area contributed by atoms with Gasteiger partial charge in [0.15, 0.2) is 0 Å². The van der Waals surface area contributed by atoms with Crippen molar-refractivity contribution in [3.63, 3.8) is 0 Å². The molecule has 5 heteroatoms. The highest BCUT2D eigenvalue weighted by Crippen LogP contribution is 2.47. The number of ether oxygens (including phenoxy) is 1. The van der Waals surface area contributed by atoms with E-state index in [-0.39, 0.29) is 17.9 Å². The van der Waals surface area contributed by atoms with Crippen LogP contribution in [0.3, 0.4) is 0 Å². The zero-order chi connectivity index (χ0) is 18.2. The van der Waals surface area contributed by atoms with E-state index in [1.165, 1.54) is 6.08 Å². The second-order valence-electron chi connectivity index (χ2n) is 7.56. The minimum Gasteiger partial charge on any atom is -0.507 e. The number of aromatic hydroxyl groups is 1. The topological polar surface area (TPSA) is 46.5 Å². The lowest BCUT2D eigenvalue weighted by atomic mass is 9.78. The van der Waals surface area contributed by atoms with Crippen LogP contribution in [-0.2, 0) is 15.6 Å². The van der Waals surface area contributed by atoms with E-state index in [4.69, 9.17) is 4.74 Å². The van der Waals surface area contributed by atoms with Crippen LogP contribution >= 0.6 is 25.3 Å². The minimum absolute atomic E-state index is 0.107. The van der Waals surface area contributed by atoms with Crippen molar-refractivity contribution in [3.05, 3.63) is 29.3 Å². The molecule has 0 radical (unpaired) electrons. The molecular formula is C18H26O3S2. The van der Waals surface area contributed by atoms with E-state index >= 15 is 0 Å². The van der Waals surface area contributed by atoms with Gasteiger partial charge in [-0.25, -0.2) is 4.79 Å². The zero-order valence-corrected chi connectivity index (χ0v) is 16.4. The number of carbonyl (C=O) groups excluding carboxylic acids is 1. The summed E-state index contributed by atoms with van der Waals surface area (Å²) in [5, 5.41) is 10.8. The van der Waals surface area contributed by atoms with E-state index < -0.39 is 16.8 Å². The van der Waals surface area contributed by atoms with Gasteiger partial charge >= 0.3 is 5.97 Å². The molecule has 0 spiro atoms. The fraction of sp³-hybridized carbons (Fsp3) is 0.500. The maximum Gasteiger partial charge on any atom is 0.340 e. The van der Waals surface area contributed by atoms with Crippen molar-refractivity contribution in [2.24, 2.45) is 0 Å². The van der Waals surface area contributed by atoms with Gasteiger partial charge in [-0.3, -0.25) is 0 Å². The Morgan fingerprint density at radius 2 is 1.48 bits per heavy atom. The standard InChI is InChI=1S/C18H26O3S2/c1-8-9-21-16(20)10-14(22)11(17(2,3)4)13(19)12(15(10)23)18(5,6)7/h8,19,22-23H,1,9H2,2-7H3. The van der Waals surface area contributed by atoms with Crippen LogP contribution in [0.4, 0.5) is 0 Å². The summed E-state index contributed by atoms with van der Waals surface area (Å²) in [4.78, 5) is 13.3. The van der Waals surface area contributed by atoms with Crippen molar-refractivity contribution in [3.8, 4) is 5.75 Å². The van der Waals surface area contributed by atoms with Crippen LogP contribution in [0.15, 0.2) is 22.4 Å². The van der Waals surface area contributed by atoms with Crippen molar-refractivity contribution in [2.45, 2.75) is 62.2 Å². The first-order valence-electron chi connectivity index (χ1n) is 7.43. The molecule has 0 saturated heterocycles. The van der Waals surface area contributed by atoms with Gasteiger partial charge in [-0.2, -0.15) is 0 Å². The van der Waals surface area contributed by atoms with Crippen molar-refractivity contribution in [1.29, 1.82) is 0 Å². The lowest BCUT2D eigenvalue weighted by Gasteiger charge is -2.31. The normalized spacial score (nSPS) is 12.2. The molecule has 0 saturated carbocycles. The molecule has 0 aliphatic carbocycles. The van der Waals surface area contributed by atoms with Gasteiger partial charge in [0.25, 0.3) is 0 Å². The van der Waals surface area contributed by atoms with Gasteiger partial charge in [-0.15, -0.1) is 25.3 Å². The minimum atomic E-state index is -0.518. The van der Waals surface area contributed by atoms with Crippen LogP contribution in [0.2, 0.25) is 0 Å². The van der Waals surface area contributed by atoms with E-state index in [1.807, 2.05) is 41.5 Å². The van der Waals surface area contributed by atoms with Gasteiger partial charge in [0, 0.05) is 20.9 Å². The molecule has 0 aromatic heterocycles. The van der Waals surface area contributed by atoms with E-state index in [0.717, 1.165) is 0 Å². The van der Waals surface area contributed by atoms with Gasteiger partial charge < -0.3 is 9.84 Å². The molecule has 0 heterocycles. The predicted octanol–water partition coefficient (Wildman–Crippen LogP) is 4.91. The summed E-state index contributed by atoms with van der Waals surface area (Å²) >= 11 is 9.03. The van der Waals surface area contributed by atoms with Crippen molar-refractivity contribution < 1.29 is 14.6 Å². The van der Waals surface area contributed by atoms with E-state index in [9.17, 15) is 9.90 Å². The van der Waals surface area contributed by atoms with Gasteiger partial charge in [0.05, 0.1) is 5.56 Å². The molecule has 1 aromatic carbocycles. The highest BCUT2D eigenvalue weighted by atomic mass is 32.1. The monoisotopic (exact) mass is 354 g/mol. The lowest BCUT2D eigenvalue weighted by molar-refractivity contribution is 0.0540. The number of carbonyl (C=O) groups is 1. The zero-order valence-electron chi connectivity index (χ0n) is 14.6. The molecule has 0 aliphatic rings. The molecule has 3 nitrogen and oxygen atoms in total. The molecular weight excluding hydrogens is 328 g/mol. The van der Waals surface area contributed by atoms with E-state index in [0.29, 0.717) is 20.9 Å². The Balaban J connectivity index is 3.84. The van der Waals surface area contributed by atoms with Gasteiger partial charge in [0.2, 0.25) is 0 Å². The first-order valence-corrected chi connectivity index (χ1v) is 8.33. The summed E-state index contributed by atoms with van der Waals surface area (Å²) in [7, 11) is 0. The summed E-state index contributed by atoms with van der Waals surface area (Å²) in [5.41, 5.74) is 0.737. The number of rotatable bonds is 3. The van der Waals surface area contributed by atoms with Crippen LogP contribution in [0.1, 0.15) is 63.0 Å². The molecule has 0 unspecified atom stereocenters. The Morgan fingerprint density at radius 1 is 1.09 bits per heavy atom. The third-order valence-electron chi connectivity index (χ3n) is 3.46. The number of phenolic OH excluding ortho intramolecular Hbond substituents is 1. The Bertz CT molecular complexity index is 594. The van der Waals surface area contributed by atoms with Gasteiger partial charge in [-0.05, 0) is 10.8 Å². The maximum atomic E-state index is 12.5. The van der Waals surface area contributed by atoms with E-state index in [2.05, 4.69) is 31.8 Å². The Labute approximate surface area is 150 Å². The SMILES string of the molecule is C=CCOC(=O)c1c(S)c(C(C)(C)C)c(O)c(C(C)(C)C)c1S. The molecule has 1 aromatic rings.